The Morgan fingerprint density at radius 3 is 2.61 bits per heavy atom. The van der Waals surface area contributed by atoms with E-state index >= 15 is 0 Å². The molecule has 2 aromatic rings. The van der Waals surface area contributed by atoms with Crippen LogP contribution in [0.4, 0.5) is 11.5 Å². The Balaban J connectivity index is 1.93. The van der Waals surface area contributed by atoms with E-state index in [0.29, 0.717) is 0 Å². The first-order valence-electron chi connectivity index (χ1n) is 6.61. The van der Waals surface area contributed by atoms with Crippen molar-refractivity contribution in [3.8, 4) is 0 Å². The molecule has 1 heterocycles. The van der Waals surface area contributed by atoms with Gasteiger partial charge in [0.25, 0.3) is 0 Å². The first-order chi connectivity index (χ1) is 8.84. The topological polar surface area (TPSA) is 16.1 Å². The predicted molar refractivity (Wildman–Crippen MR) is 75.4 cm³/mol. The molecule has 0 atom stereocenters. The number of pyridine rings is 1. The van der Waals surface area contributed by atoms with Gasteiger partial charge in [0.1, 0.15) is 5.82 Å². The van der Waals surface area contributed by atoms with Crippen LogP contribution < -0.4 is 4.90 Å². The van der Waals surface area contributed by atoms with Crippen LogP contribution in [0.2, 0.25) is 0 Å². The van der Waals surface area contributed by atoms with E-state index in [-0.39, 0.29) is 0 Å². The Morgan fingerprint density at radius 1 is 1.00 bits per heavy atom. The molecule has 1 aromatic heterocycles. The first kappa shape index (κ1) is 11.3. The maximum absolute atomic E-state index is 4.39. The summed E-state index contributed by atoms with van der Waals surface area (Å²) < 4.78 is 0. The fourth-order valence-electron chi connectivity index (χ4n) is 2.61. The second-order valence-corrected chi connectivity index (χ2v) is 4.91. The zero-order valence-electron chi connectivity index (χ0n) is 10.8. The van der Waals surface area contributed by atoms with Crippen molar-refractivity contribution in [3.63, 3.8) is 0 Å². The maximum Gasteiger partial charge on any atom is 0.132 e. The smallest absolute Gasteiger partial charge is 0.132 e. The van der Waals surface area contributed by atoms with Crippen LogP contribution in [0.25, 0.3) is 0 Å². The molecule has 0 saturated heterocycles. The second-order valence-electron chi connectivity index (χ2n) is 4.91. The normalized spacial score (nSPS) is 14.1. The maximum atomic E-state index is 4.39. The van der Waals surface area contributed by atoms with E-state index < -0.39 is 0 Å². The summed E-state index contributed by atoms with van der Waals surface area (Å²) in [5.41, 5.74) is 4.27. The highest BCUT2D eigenvalue weighted by Crippen LogP contribution is 2.28. The van der Waals surface area contributed by atoms with Crippen LogP contribution in [0.15, 0.2) is 42.6 Å². The van der Waals surface area contributed by atoms with Crippen molar-refractivity contribution in [1.29, 1.82) is 0 Å². The van der Waals surface area contributed by atoms with Crippen molar-refractivity contribution in [3.05, 3.63) is 53.7 Å². The lowest BCUT2D eigenvalue weighted by atomic mass is 9.91. The van der Waals surface area contributed by atoms with E-state index in [9.17, 15) is 0 Å². The zero-order chi connectivity index (χ0) is 12.4. The average molecular weight is 238 g/mol. The van der Waals surface area contributed by atoms with Gasteiger partial charge in [-0.05, 0) is 61.1 Å². The number of nitrogens with zero attached hydrogens (tertiary/aromatic N) is 2. The van der Waals surface area contributed by atoms with E-state index in [2.05, 4.69) is 35.1 Å². The van der Waals surface area contributed by atoms with Crippen LogP contribution in [0.1, 0.15) is 24.0 Å². The third-order valence-electron chi connectivity index (χ3n) is 3.71. The van der Waals surface area contributed by atoms with Gasteiger partial charge in [0.05, 0.1) is 0 Å². The van der Waals surface area contributed by atoms with Gasteiger partial charge in [0.2, 0.25) is 0 Å². The number of hydrogen-bond acceptors (Lipinski definition) is 2. The van der Waals surface area contributed by atoms with E-state index in [1.54, 1.807) is 0 Å². The van der Waals surface area contributed by atoms with E-state index in [4.69, 9.17) is 0 Å². The molecule has 0 unspecified atom stereocenters. The molecule has 1 aromatic carbocycles. The third-order valence-corrected chi connectivity index (χ3v) is 3.71. The van der Waals surface area contributed by atoms with Gasteiger partial charge in [-0.3, -0.25) is 0 Å². The van der Waals surface area contributed by atoms with E-state index in [0.717, 1.165) is 5.82 Å². The van der Waals surface area contributed by atoms with Gasteiger partial charge in [0.15, 0.2) is 0 Å². The standard InChI is InChI=1S/C16H18N2/c1-18(16-8-4-5-11-17-16)15-10-9-13-6-2-3-7-14(13)12-15/h4-5,8-12H,2-3,6-7H2,1H3. The Morgan fingerprint density at radius 2 is 1.83 bits per heavy atom. The Kier molecular flexibility index (Phi) is 3.01. The molecule has 0 bridgehead atoms. The van der Waals surface area contributed by atoms with E-state index in [1.165, 1.54) is 42.5 Å². The van der Waals surface area contributed by atoms with E-state index in [1.807, 2.05) is 24.4 Å². The zero-order valence-corrected chi connectivity index (χ0v) is 10.8. The number of aryl methyl sites for hydroxylation is 2. The Labute approximate surface area is 108 Å². The first-order valence-corrected chi connectivity index (χ1v) is 6.61. The number of anilines is 2. The van der Waals surface area contributed by atoms with Gasteiger partial charge in [-0.2, -0.15) is 0 Å². The summed E-state index contributed by atoms with van der Waals surface area (Å²) in [7, 11) is 2.08. The van der Waals surface area contributed by atoms with Crippen LogP contribution in [-0.4, -0.2) is 12.0 Å². The fraction of sp³-hybridized carbons (Fsp3) is 0.312. The summed E-state index contributed by atoms with van der Waals surface area (Å²) in [6.07, 6.45) is 6.96. The molecule has 92 valence electrons. The predicted octanol–water partition coefficient (Wildman–Crippen LogP) is 3.73. The number of rotatable bonds is 2. The highest BCUT2D eigenvalue weighted by molar-refractivity contribution is 5.60. The van der Waals surface area contributed by atoms with Crippen molar-refractivity contribution >= 4 is 11.5 Å². The lowest BCUT2D eigenvalue weighted by Crippen LogP contribution is -2.12. The molecule has 0 spiro atoms. The second kappa shape index (κ2) is 4.81. The minimum Gasteiger partial charge on any atom is -0.329 e. The van der Waals surface area contributed by atoms with Crippen LogP contribution in [0.3, 0.4) is 0 Å². The molecule has 0 N–H and O–H groups in total. The van der Waals surface area contributed by atoms with Gasteiger partial charge in [-0.15, -0.1) is 0 Å². The Bertz CT molecular complexity index is 534. The summed E-state index contributed by atoms with van der Waals surface area (Å²) in [5.74, 6) is 0.994. The summed E-state index contributed by atoms with van der Waals surface area (Å²) in [6.45, 7) is 0. The van der Waals surface area contributed by atoms with Gasteiger partial charge in [-0.25, -0.2) is 4.98 Å². The number of benzene rings is 1. The summed E-state index contributed by atoms with van der Waals surface area (Å²) >= 11 is 0. The SMILES string of the molecule is CN(c1ccc2c(c1)CCCC2)c1ccccn1. The minimum atomic E-state index is 0.994. The number of fused-ring (bicyclic) bond motifs is 1. The van der Waals surface area contributed by atoms with Crippen molar-refractivity contribution in [2.75, 3.05) is 11.9 Å². The minimum absolute atomic E-state index is 0.994. The quantitative estimate of drug-likeness (QED) is 0.792. The molecular formula is C16H18N2. The average Bonchev–Trinajstić information content (AvgIpc) is 2.47. The molecule has 2 heteroatoms. The van der Waals surface area contributed by atoms with Crippen molar-refractivity contribution in [2.45, 2.75) is 25.7 Å². The number of hydrogen-bond donors (Lipinski definition) is 0. The molecular weight excluding hydrogens is 220 g/mol. The Hall–Kier alpha value is -1.83. The molecule has 3 rings (SSSR count). The van der Waals surface area contributed by atoms with Gasteiger partial charge in [0, 0.05) is 18.9 Å². The summed E-state index contributed by atoms with van der Waals surface area (Å²) in [5, 5.41) is 0. The van der Waals surface area contributed by atoms with Gasteiger partial charge in [-0.1, -0.05) is 12.1 Å². The van der Waals surface area contributed by atoms with Crippen LogP contribution >= 0.6 is 0 Å². The highest BCUT2D eigenvalue weighted by atomic mass is 15.2. The lowest BCUT2D eigenvalue weighted by Gasteiger charge is -2.22. The van der Waals surface area contributed by atoms with Gasteiger partial charge < -0.3 is 4.90 Å². The van der Waals surface area contributed by atoms with Crippen LogP contribution in [0, 0.1) is 0 Å². The van der Waals surface area contributed by atoms with Crippen molar-refractivity contribution < 1.29 is 0 Å². The molecule has 2 nitrogen and oxygen atoms in total. The molecule has 1 aliphatic carbocycles. The molecule has 0 amide bonds. The molecule has 1 aliphatic rings. The third kappa shape index (κ3) is 2.10. The van der Waals surface area contributed by atoms with Crippen LogP contribution in [0.5, 0.6) is 0 Å². The largest absolute Gasteiger partial charge is 0.329 e. The lowest BCUT2D eigenvalue weighted by molar-refractivity contribution is 0.685. The number of aromatic nitrogens is 1. The molecule has 0 fully saturated rings. The fourth-order valence-corrected chi connectivity index (χ4v) is 2.61. The molecule has 18 heavy (non-hydrogen) atoms. The summed E-state index contributed by atoms with van der Waals surface area (Å²) in [4.78, 5) is 6.54. The summed E-state index contributed by atoms with van der Waals surface area (Å²) in [6, 6.07) is 12.8. The molecule has 0 aliphatic heterocycles. The van der Waals surface area contributed by atoms with Gasteiger partial charge >= 0.3 is 0 Å². The monoisotopic (exact) mass is 238 g/mol. The van der Waals surface area contributed by atoms with Crippen molar-refractivity contribution in [1.82, 2.24) is 4.98 Å². The van der Waals surface area contributed by atoms with Crippen molar-refractivity contribution in [2.24, 2.45) is 0 Å². The highest BCUT2D eigenvalue weighted by Gasteiger charge is 2.11. The van der Waals surface area contributed by atoms with Crippen LogP contribution in [-0.2, 0) is 12.8 Å². The molecule has 0 radical (unpaired) electrons. The molecule has 0 saturated carbocycles.